The van der Waals surface area contributed by atoms with Crippen molar-refractivity contribution in [1.29, 1.82) is 0 Å². The SMILES string of the molecule is CC(Sc1nc2ccccc2o1)C(=O)Nc1ccc(Cl)c(Cl)c1. The predicted octanol–water partition coefficient (Wildman–Crippen LogP) is 5.25. The second kappa shape index (κ2) is 6.83. The lowest BCUT2D eigenvalue weighted by atomic mass is 10.3. The summed E-state index contributed by atoms with van der Waals surface area (Å²) in [6.45, 7) is 1.78. The molecule has 0 radical (unpaired) electrons. The molecule has 1 amide bonds. The van der Waals surface area contributed by atoms with Crippen molar-refractivity contribution in [1.82, 2.24) is 4.98 Å². The van der Waals surface area contributed by atoms with Crippen LogP contribution in [0.3, 0.4) is 0 Å². The highest BCUT2D eigenvalue weighted by Crippen LogP contribution is 2.28. The van der Waals surface area contributed by atoms with Crippen molar-refractivity contribution in [2.75, 3.05) is 5.32 Å². The van der Waals surface area contributed by atoms with Crippen LogP contribution < -0.4 is 5.32 Å². The number of fused-ring (bicyclic) bond motifs is 1. The number of benzene rings is 2. The summed E-state index contributed by atoms with van der Waals surface area (Å²) in [6.07, 6.45) is 0. The molecule has 0 aliphatic carbocycles. The molecule has 0 aliphatic heterocycles. The number of halogens is 2. The van der Waals surface area contributed by atoms with E-state index >= 15 is 0 Å². The van der Waals surface area contributed by atoms with E-state index in [1.54, 1.807) is 25.1 Å². The molecule has 2 aromatic carbocycles. The molecule has 1 unspecified atom stereocenters. The lowest BCUT2D eigenvalue weighted by Crippen LogP contribution is -2.22. The van der Waals surface area contributed by atoms with Crippen LogP contribution in [0.4, 0.5) is 5.69 Å². The molecule has 0 saturated carbocycles. The quantitative estimate of drug-likeness (QED) is 0.640. The smallest absolute Gasteiger partial charge is 0.257 e. The van der Waals surface area contributed by atoms with E-state index in [0.29, 0.717) is 26.5 Å². The van der Waals surface area contributed by atoms with Crippen LogP contribution in [0, 0.1) is 0 Å². The minimum absolute atomic E-state index is 0.171. The number of hydrogen-bond donors (Lipinski definition) is 1. The van der Waals surface area contributed by atoms with Gasteiger partial charge in [-0.25, -0.2) is 4.98 Å². The number of oxazole rings is 1. The summed E-state index contributed by atoms with van der Waals surface area (Å²) in [5.74, 6) is -0.171. The van der Waals surface area contributed by atoms with Crippen molar-refractivity contribution in [3.05, 3.63) is 52.5 Å². The van der Waals surface area contributed by atoms with Gasteiger partial charge in [0.2, 0.25) is 5.91 Å². The van der Waals surface area contributed by atoms with Gasteiger partial charge in [-0.1, -0.05) is 47.1 Å². The maximum absolute atomic E-state index is 12.3. The molecule has 23 heavy (non-hydrogen) atoms. The fourth-order valence-corrected chi connectivity index (χ4v) is 2.98. The van der Waals surface area contributed by atoms with E-state index in [-0.39, 0.29) is 11.2 Å². The van der Waals surface area contributed by atoms with Crippen molar-refractivity contribution >= 4 is 57.7 Å². The molecule has 118 valence electrons. The first-order valence-electron chi connectivity index (χ1n) is 6.81. The summed E-state index contributed by atoms with van der Waals surface area (Å²) >= 11 is 13.0. The first-order chi connectivity index (χ1) is 11.0. The van der Waals surface area contributed by atoms with Gasteiger partial charge in [0, 0.05) is 5.69 Å². The Morgan fingerprint density at radius 2 is 2.00 bits per heavy atom. The summed E-state index contributed by atoms with van der Waals surface area (Å²) in [5.41, 5.74) is 2.06. The molecule has 7 heteroatoms. The van der Waals surface area contributed by atoms with Crippen LogP contribution in [0.2, 0.25) is 10.0 Å². The molecule has 0 aliphatic rings. The van der Waals surface area contributed by atoms with Crippen molar-refractivity contribution in [3.8, 4) is 0 Å². The Balaban J connectivity index is 1.68. The Morgan fingerprint density at radius 1 is 1.22 bits per heavy atom. The molecule has 3 rings (SSSR count). The molecule has 0 spiro atoms. The van der Waals surface area contributed by atoms with Crippen molar-refractivity contribution in [2.24, 2.45) is 0 Å². The van der Waals surface area contributed by atoms with E-state index in [1.165, 1.54) is 11.8 Å². The van der Waals surface area contributed by atoms with Gasteiger partial charge in [0.25, 0.3) is 5.22 Å². The standard InChI is InChI=1S/C16H12Cl2N2O2S/c1-9(15(21)19-10-6-7-11(17)12(18)8-10)23-16-20-13-4-2-3-5-14(13)22-16/h2-9H,1H3,(H,19,21). The number of rotatable bonds is 4. The number of amides is 1. The van der Waals surface area contributed by atoms with Gasteiger partial charge in [-0.2, -0.15) is 0 Å². The zero-order valence-electron chi connectivity index (χ0n) is 12.0. The van der Waals surface area contributed by atoms with Gasteiger partial charge in [-0.15, -0.1) is 0 Å². The average molecular weight is 367 g/mol. The van der Waals surface area contributed by atoms with Gasteiger partial charge < -0.3 is 9.73 Å². The number of nitrogens with zero attached hydrogens (tertiary/aromatic N) is 1. The highest BCUT2D eigenvalue weighted by atomic mass is 35.5. The van der Waals surface area contributed by atoms with Gasteiger partial charge in [0.1, 0.15) is 5.52 Å². The van der Waals surface area contributed by atoms with E-state index < -0.39 is 0 Å². The summed E-state index contributed by atoms with van der Waals surface area (Å²) in [4.78, 5) is 16.6. The molecule has 3 aromatic rings. The van der Waals surface area contributed by atoms with E-state index in [9.17, 15) is 4.79 Å². The fraction of sp³-hybridized carbons (Fsp3) is 0.125. The van der Waals surface area contributed by atoms with Crippen molar-refractivity contribution < 1.29 is 9.21 Å². The molecular weight excluding hydrogens is 355 g/mol. The normalized spacial score (nSPS) is 12.3. The largest absolute Gasteiger partial charge is 0.431 e. The van der Waals surface area contributed by atoms with E-state index in [0.717, 1.165) is 5.52 Å². The van der Waals surface area contributed by atoms with Crippen LogP contribution in [0.1, 0.15) is 6.92 Å². The molecule has 1 N–H and O–H groups in total. The first kappa shape index (κ1) is 16.2. The second-order valence-electron chi connectivity index (χ2n) is 4.83. The summed E-state index contributed by atoms with van der Waals surface area (Å²) in [5, 5.41) is 3.71. The molecule has 4 nitrogen and oxygen atoms in total. The number of aromatic nitrogens is 1. The summed E-state index contributed by atoms with van der Waals surface area (Å²) in [6, 6.07) is 12.4. The summed E-state index contributed by atoms with van der Waals surface area (Å²) < 4.78 is 5.61. The van der Waals surface area contributed by atoms with Gasteiger partial charge in [-0.05, 0) is 37.3 Å². The number of para-hydroxylation sites is 2. The third kappa shape index (κ3) is 3.80. The van der Waals surface area contributed by atoms with Gasteiger partial charge in [0.15, 0.2) is 5.58 Å². The number of anilines is 1. The van der Waals surface area contributed by atoms with Gasteiger partial charge >= 0.3 is 0 Å². The lowest BCUT2D eigenvalue weighted by Gasteiger charge is -2.10. The Labute approximate surface area is 147 Å². The van der Waals surface area contributed by atoms with Gasteiger partial charge in [0.05, 0.1) is 15.3 Å². The zero-order chi connectivity index (χ0) is 16.4. The van der Waals surface area contributed by atoms with Gasteiger partial charge in [-0.3, -0.25) is 4.79 Å². The number of thioether (sulfide) groups is 1. The molecule has 0 saturated heterocycles. The molecular formula is C16H12Cl2N2O2S. The zero-order valence-corrected chi connectivity index (χ0v) is 14.4. The highest BCUT2D eigenvalue weighted by molar-refractivity contribution is 8.00. The minimum Gasteiger partial charge on any atom is -0.431 e. The molecule has 1 atom stereocenters. The molecule has 1 heterocycles. The fourth-order valence-electron chi connectivity index (χ4n) is 1.92. The molecule has 0 fully saturated rings. The number of carbonyl (C=O) groups excluding carboxylic acids is 1. The number of hydrogen-bond acceptors (Lipinski definition) is 4. The van der Waals surface area contributed by atoms with Crippen molar-refractivity contribution in [3.63, 3.8) is 0 Å². The van der Waals surface area contributed by atoms with E-state index in [1.807, 2.05) is 24.3 Å². The minimum atomic E-state index is -0.377. The van der Waals surface area contributed by atoms with Crippen LogP contribution in [-0.2, 0) is 4.79 Å². The third-order valence-electron chi connectivity index (χ3n) is 3.11. The van der Waals surface area contributed by atoms with Crippen LogP contribution >= 0.6 is 35.0 Å². The third-order valence-corrected chi connectivity index (χ3v) is 4.79. The van der Waals surface area contributed by atoms with Crippen LogP contribution in [0.25, 0.3) is 11.1 Å². The van der Waals surface area contributed by atoms with Crippen LogP contribution in [0.15, 0.2) is 52.1 Å². The Bertz CT molecular complexity index is 833. The maximum Gasteiger partial charge on any atom is 0.257 e. The first-order valence-corrected chi connectivity index (χ1v) is 8.44. The van der Waals surface area contributed by atoms with E-state index in [2.05, 4.69) is 10.3 Å². The van der Waals surface area contributed by atoms with E-state index in [4.69, 9.17) is 27.6 Å². The number of nitrogens with one attached hydrogen (secondary N) is 1. The van der Waals surface area contributed by atoms with Crippen LogP contribution in [0.5, 0.6) is 0 Å². The average Bonchev–Trinajstić information content (AvgIpc) is 2.93. The molecule has 0 bridgehead atoms. The van der Waals surface area contributed by atoms with Crippen molar-refractivity contribution in [2.45, 2.75) is 17.4 Å². The lowest BCUT2D eigenvalue weighted by molar-refractivity contribution is -0.115. The number of carbonyl (C=O) groups is 1. The van der Waals surface area contributed by atoms with Crippen LogP contribution in [-0.4, -0.2) is 16.1 Å². The molecule has 1 aromatic heterocycles. The maximum atomic E-state index is 12.3. The monoisotopic (exact) mass is 366 g/mol. The summed E-state index contributed by atoms with van der Waals surface area (Å²) in [7, 11) is 0. The Hall–Kier alpha value is -1.69. The highest BCUT2D eigenvalue weighted by Gasteiger charge is 2.18. The Kier molecular flexibility index (Phi) is 4.80. The Morgan fingerprint density at radius 3 is 2.74 bits per heavy atom. The second-order valence-corrected chi connectivity index (χ2v) is 6.93. The topological polar surface area (TPSA) is 55.1 Å². The predicted molar refractivity (Wildman–Crippen MR) is 94.4 cm³/mol.